The summed E-state index contributed by atoms with van der Waals surface area (Å²) in [5.41, 5.74) is -1.26. The number of halogens is 5. The molecule has 0 heterocycles. The van der Waals surface area contributed by atoms with E-state index in [0.717, 1.165) is 12.1 Å². The number of rotatable bonds is 1. The normalized spacial score (nSPS) is 11.3. The minimum absolute atomic E-state index is 0.151. The van der Waals surface area contributed by atoms with E-state index in [1.54, 1.807) is 0 Å². The molecule has 1 N–H and O–H groups in total. The van der Waals surface area contributed by atoms with Gasteiger partial charge < -0.3 is 5.11 Å². The van der Waals surface area contributed by atoms with Gasteiger partial charge in [-0.1, -0.05) is 0 Å². The first-order valence-corrected chi connectivity index (χ1v) is 4.92. The molecule has 0 aliphatic heterocycles. The number of carboxylic acid groups (broad SMARTS) is 1. The van der Waals surface area contributed by atoms with Gasteiger partial charge in [-0.05, 0) is 34.1 Å². The summed E-state index contributed by atoms with van der Waals surface area (Å²) in [7, 11) is 0. The van der Waals surface area contributed by atoms with E-state index in [1.165, 1.54) is 0 Å². The molecule has 1 amide bonds. The Kier molecular flexibility index (Phi) is 3.69. The highest BCUT2D eigenvalue weighted by Gasteiger charge is 2.32. The molecule has 88 valence electrons. The Morgan fingerprint density at radius 1 is 1.44 bits per heavy atom. The van der Waals surface area contributed by atoms with Crippen LogP contribution < -0.4 is 4.42 Å². The molecular weight excluding hydrogens is 314 g/mol. The van der Waals surface area contributed by atoms with Gasteiger partial charge in [0.05, 0.1) is 11.3 Å². The first-order chi connectivity index (χ1) is 7.23. The molecule has 0 saturated heterocycles. The Balaban J connectivity index is 3.24. The maximum absolute atomic E-state index is 12.3. The maximum atomic E-state index is 12.3. The van der Waals surface area contributed by atoms with Crippen LogP contribution in [0.1, 0.15) is 5.56 Å². The monoisotopic (exact) mass is 317 g/mol. The van der Waals surface area contributed by atoms with Crippen molar-refractivity contribution in [1.82, 2.24) is 0 Å². The quantitative estimate of drug-likeness (QED) is 0.792. The first kappa shape index (κ1) is 13.1. The van der Waals surface area contributed by atoms with Crippen LogP contribution in [0.4, 0.5) is 23.7 Å². The van der Waals surface area contributed by atoms with Gasteiger partial charge in [-0.3, -0.25) is 0 Å². The molecule has 0 aliphatic carbocycles. The highest BCUT2D eigenvalue weighted by Crippen LogP contribution is 2.36. The molecule has 8 heteroatoms. The van der Waals surface area contributed by atoms with Crippen molar-refractivity contribution in [2.24, 2.45) is 0 Å². The summed E-state index contributed by atoms with van der Waals surface area (Å²) in [6.45, 7) is 0. The highest BCUT2D eigenvalue weighted by atomic mass is 79.9. The average molecular weight is 318 g/mol. The van der Waals surface area contributed by atoms with Crippen LogP contribution in [0, 0.1) is 0 Å². The Labute approximate surface area is 102 Å². The second kappa shape index (κ2) is 4.50. The van der Waals surface area contributed by atoms with Gasteiger partial charge in [0.2, 0.25) is 0 Å². The fourth-order valence-corrected chi connectivity index (χ4v) is 1.61. The standard InChI is InChI=1S/C8H4BrClF3NO2/c9-5-2-1-4(8(11,12)13)3-6(5)14(10)7(15)16/h1-3H,(H,15,16). The molecule has 0 fully saturated rings. The van der Waals surface area contributed by atoms with Crippen molar-refractivity contribution in [1.29, 1.82) is 0 Å². The van der Waals surface area contributed by atoms with Gasteiger partial charge in [0.15, 0.2) is 0 Å². The Bertz CT molecular complexity index is 424. The molecule has 0 aromatic heterocycles. The largest absolute Gasteiger partial charge is 0.464 e. The Morgan fingerprint density at radius 3 is 2.44 bits per heavy atom. The van der Waals surface area contributed by atoms with Crippen molar-refractivity contribution >= 4 is 39.5 Å². The van der Waals surface area contributed by atoms with Gasteiger partial charge in [-0.2, -0.15) is 17.6 Å². The van der Waals surface area contributed by atoms with Crippen LogP contribution in [0.15, 0.2) is 22.7 Å². The van der Waals surface area contributed by atoms with Crippen molar-refractivity contribution in [3.8, 4) is 0 Å². The summed E-state index contributed by atoms with van der Waals surface area (Å²) in [5.74, 6) is 0. The summed E-state index contributed by atoms with van der Waals surface area (Å²) < 4.78 is 37.4. The van der Waals surface area contributed by atoms with Gasteiger partial charge in [0, 0.05) is 16.2 Å². The number of hydrogen-bond donors (Lipinski definition) is 1. The van der Waals surface area contributed by atoms with E-state index in [2.05, 4.69) is 15.9 Å². The SMILES string of the molecule is O=C(O)N(Cl)c1cc(C(F)(F)F)ccc1Br. The molecule has 1 aromatic rings. The third-order valence-corrected chi connectivity index (χ3v) is 2.65. The van der Waals surface area contributed by atoms with Gasteiger partial charge in [-0.15, -0.1) is 0 Å². The number of anilines is 1. The lowest BCUT2D eigenvalue weighted by molar-refractivity contribution is -0.137. The number of alkyl halides is 3. The van der Waals surface area contributed by atoms with Crippen LogP contribution in [0.3, 0.4) is 0 Å². The molecule has 1 rings (SSSR count). The molecule has 0 bridgehead atoms. The Morgan fingerprint density at radius 2 is 2.00 bits per heavy atom. The average Bonchev–Trinajstić information content (AvgIpc) is 2.15. The minimum atomic E-state index is -4.55. The van der Waals surface area contributed by atoms with E-state index in [0.29, 0.717) is 6.07 Å². The number of benzene rings is 1. The molecular formula is C8H4BrClF3NO2. The minimum Gasteiger partial charge on any atom is -0.464 e. The van der Waals surface area contributed by atoms with Crippen LogP contribution >= 0.6 is 27.7 Å². The summed E-state index contributed by atoms with van der Waals surface area (Å²) in [4.78, 5) is 10.5. The fourth-order valence-electron chi connectivity index (χ4n) is 0.942. The van der Waals surface area contributed by atoms with Crippen LogP contribution in [0.2, 0.25) is 0 Å². The summed E-state index contributed by atoms with van der Waals surface area (Å²) >= 11 is 8.21. The fraction of sp³-hybridized carbons (Fsp3) is 0.125. The van der Waals surface area contributed by atoms with Crippen molar-refractivity contribution in [3.63, 3.8) is 0 Å². The highest BCUT2D eigenvalue weighted by molar-refractivity contribution is 9.10. The zero-order valence-electron chi connectivity index (χ0n) is 7.42. The third kappa shape index (κ3) is 2.79. The van der Waals surface area contributed by atoms with Crippen LogP contribution in [0.5, 0.6) is 0 Å². The van der Waals surface area contributed by atoms with Crippen LogP contribution in [-0.2, 0) is 6.18 Å². The second-order valence-corrected chi connectivity index (χ2v) is 3.92. The van der Waals surface area contributed by atoms with E-state index in [4.69, 9.17) is 16.9 Å². The smallest absolute Gasteiger partial charge is 0.426 e. The molecule has 1 aromatic carbocycles. The number of amides is 1. The van der Waals surface area contributed by atoms with E-state index >= 15 is 0 Å². The van der Waals surface area contributed by atoms with Gasteiger partial charge in [-0.25, -0.2) is 4.79 Å². The van der Waals surface area contributed by atoms with Crippen molar-refractivity contribution in [2.45, 2.75) is 6.18 Å². The zero-order valence-corrected chi connectivity index (χ0v) is 9.77. The summed E-state index contributed by atoms with van der Waals surface area (Å²) in [6, 6.07) is 2.54. The summed E-state index contributed by atoms with van der Waals surface area (Å²) in [5, 5.41) is 8.55. The topological polar surface area (TPSA) is 40.5 Å². The lowest BCUT2D eigenvalue weighted by Gasteiger charge is -2.14. The van der Waals surface area contributed by atoms with E-state index in [1.807, 2.05) is 0 Å². The van der Waals surface area contributed by atoms with E-state index < -0.39 is 17.8 Å². The van der Waals surface area contributed by atoms with Gasteiger partial charge >= 0.3 is 12.3 Å². The molecule has 3 nitrogen and oxygen atoms in total. The van der Waals surface area contributed by atoms with E-state index in [9.17, 15) is 18.0 Å². The zero-order chi connectivity index (χ0) is 12.5. The lowest BCUT2D eigenvalue weighted by Crippen LogP contribution is -2.19. The van der Waals surface area contributed by atoms with E-state index in [-0.39, 0.29) is 14.6 Å². The molecule has 0 saturated carbocycles. The van der Waals surface area contributed by atoms with Gasteiger partial charge in [0.1, 0.15) is 0 Å². The van der Waals surface area contributed by atoms with Crippen LogP contribution in [0.25, 0.3) is 0 Å². The summed E-state index contributed by atoms with van der Waals surface area (Å²) in [6.07, 6.45) is -6.12. The lowest BCUT2D eigenvalue weighted by atomic mass is 10.2. The number of carbonyl (C=O) groups is 1. The van der Waals surface area contributed by atoms with Crippen molar-refractivity contribution in [2.75, 3.05) is 4.42 Å². The predicted molar refractivity (Wildman–Crippen MR) is 55.5 cm³/mol. The third-order valence-electron chi connectivity index (χ3n) is 1.65. The van der Waals surface area contributed by atoms with Crippen molar-refractivity contribution in [3.05, 3.63) is 28.2 Å². The molecule has 0 unspecified atom stereocenters. The Hall–Kier alpha value is -0.950. The van der Waals surface area contributed by atoms with Crippen LogP contribution in [-0.4, -0.2) is 11.2 Å². The first-order valence-electron chi connectivity index (χ1n) is 3.79. The number of hydrogen-bond acceptors (Lipinski definition) is 1. The van der Waals surface area contributed by atoms with Gasteiger partial charge in [0.25, 0.3) is 0 Å². The molecule has 0 atom stereocenters. The molecule has 0 spiro atoms. The predicted octanol–water partition coefficient (Wildman–Crippen LogP) is 4.11. The molecule has 16 heavy (non-hydrogen) atoms. The number of nitrogens with zero attached hydrogens (tertiary/aromatic N) is 1. The van der Waals surface area contributed by atoms with Crippen molar-refractivity contribution < 1.29 is 23.1 Å². The molecule has 0 radical (unpaired) electrons. The molecule has 0 aliphatic rings. The second-order valence-electron chi connectivity index (χ2n) is 2.73. The maximum Gasteiger partial charge on any atom is 0.426 e.